The van der Waals surface area contributed by atoms with E-state index in [0.29, 0.717) is 17.8 Å². The zero-order valence-corrected chi connectivity index (χ0v) is 11.4. The van der Waals surface area contributed by atoms with Crippen LogP contribution in [0, 0.1) is 5.92 Å². The van der Waals surface area contributed by atoms with E-state index in [2.05, 4.69) is 28.8 Å². The van der Waals surface area contributed by atoms with Gasteiger partial charge in [-0.2, -0.15) is 9.97 Å². The molecule has 100 valence electrons. The van der Waals surface area contributed by atoms with Crippen LogP contribution in [0.25, 0.3) is 0 Å². The van der Waals surface area contributed by atoms with Gasteiger partial charge in [-0.25, -0.2) is 0 Å². The van der Waals surface area contributed by atoms with E-state index in [9.17, 15) is 0 Å². The van der Waals surface area contributed by atoms with Gasteiger partial charge in [-0.05, 0) is 18.8 Å². The number of nitrogen functional groups attached to an aromatic ring is 1. The lowest BCUT2D eigenvalue weighted by atomic mass is 9.85. The zero-order valence-electron chi connectivity index (χ0n) is 11.4. The first-order valence-electron chi connectivity index (χ1n) is 6.53. The molecule has 0 saturated heterocycles. The number of hydrogen-bond acceptors (Lipinski definition) is 5. The van der Waals surface area contributed by atoms with Crippen LogP contribution in [-0.4, -0.2) is 30.2 Å². The number of nitrogens with two attached hydrogens (primary N) is 1. The highest BCUT2D eigenvalue weighted by atomic mass is 16.5. The molecule has 0 bridgehead atoms. The minimum Gasteiger partial charge on any atom is -0.481 e. The molecular formula is C13H22N4O. The molecule has 2 unspecified atom stereocenters. The summed E-state index contributed by atoms with van der Waals surface area (Å²) < 4.78 is 5.14. The number of ether oxygens (including phenoxy) is 1. The van der Waals surface area contributed by atoms with Crippen molar-refractivity contribution in [2.75, 3.05) is 24.8 Å². The first kappa shape index (κ1) is 12.9. The van der Waals surface area contributed by atoms with Crippen LogP contribution in [0.3, 0.4) is 0 Å². The Bertz CT molecular complexity index is 410. The Morgan fingerprint density at radius 1 is 1.33 bits per heavy atom. The summed E-state index contributed by atoms with van der Waals surface area (Å²) in [5, 5.41) is 0. The fourth-order valence-corrected chi connectivity index (χ4v) is 2.76. The van der Waals surface area contributed by atoms with Gasteiger partial charge in [-0.3, -0.25) is 0 Å². The molecule has 0 amide bonds. The molecule has 5 nitrogen and oxygen atoms in total. The predicted octanol–water partition coefficient (Wildman–Crippen LogP) is 2.08. The van der Waals surface area contributed by atoms with E-state index in [4.69, 9.17) is 10.5 Å². The molecule has 1 saturated carbocycles. The van der Waals surface area contributed by atoms with Gasteiger partial charge in [0.25, 0.3) is 0 Å². The SMILES string of the molecule is COc1cc(N(C)C2CCCCC2C)nc(N)n1. The van der Waals surface area contributed by atoms with E-state index < -0.39 is 0 Å². The van der Waals surface area contributed by atoms with Crippen molar-refractivity contribution in [1.82, 2.24) is 9.97 Å². The monoisotopic (exact) mass is 250 g/mol. The van der Waals surface area contributed by atoms with Gasteiger partial charge in [0.1, 0.15) is 5.82 Å². The topological polar surface area (TPSA) is 64.3 Å². The summed E-state index contributed by atoms with van der Waals surface area (Å²) in [6.45, 7) is 2.31. The van der Waals surface area contributed by atoms with Crippen LogP contribution in [0.4, 0.5) is 11.8 Å². The maximum absolute atomic E-state index is 5.71. The van der Waals surface area contributed by atoms with Crippen molar-refractivity contribution < 1.29 is 4.74 Å². The van der Waals surface area contributed by atoms with Crippen LogP contribution in [0.1, 0.15) is 32.6 Å². The van der Waals surface area contributed by atoms with Crippen molar-refractivity contribution in [2.45, 2.75) is 38.6 Å². The smallest absolute Gasteiger partial charge is 0.225 e. The van der Waals surface area contributed by atoms with Crippen LogP contribution in [0.15, 0.2) is 6.07 Å². The molecule has 1 heterocycles. The quantitative estimate of drug-likeness (QED) is 0.889. The number of nitrogens with zero attached hydrogens (tertiary/aromatic N) is 3. The van der Waals surface area contributed by atoms with Crippen molar-refractivity contribution >= 4 is 11.8 Å². The molecule has 2 atom stereocenters. The Hall–Kier alpha value is -1.52. The number of methoxy groups -OCH3 is 1. The molecule has 1 aromatic rings. The average molecular weight is 250 g/mol. The lowest BCUT2D eigenvalue weighted by molar-refractivity contribution is 0.320. The number of hydrogen-bond donors (Lipinski definition) is 1. The third-order valence-electron chi connectivity index (χ3n) is 3.84. The molecule has 0 radical (unpaired) electrons. The summed E-state index contributed by atoms with van der Waals surface area (Å²) in [6.07, 6.45) is 5.12. The molecule has 18 heavy (non-hydrogen) atoms. The molecule has 5 heteroatoms. The minimum atomic E-state index is 0.264. The third-order valence-corrected chi connectivity index (χ3v) is 3.84. The van der Waals surface area contributed by atoms with E-state index in [-0.39, 0.29) is 5.95 Å². The fraction of sp³-hybridized carbons (Fsp3) is 0.692. The molecule has 0 aliphatic heterocycles. The van der Waals surface area contributed by atoms with E-state index in [0.717, 1.165) is 5.82 Å². The Labute approximate surface area is 108 Å². The van der Waals surface area contributed by atoms with Gasteiger partial charge in [0.05, 0.1) is 7.11 Å². The lowest BCUT2D eigenvalue weighted by Gasteiger charge is -2.37. The minimum absolute atomic E-state index is 0.264. The highest BCUT2D eigenvalue weighted by Crippen LogP contribution is 2.30. The van der Waals surface area contributed by atoms with Crippen molar-refractivity contribution in [3.63, 3.8) is 0 Å². The molecule has 2 N–H and O–H groups in total. The fourth-order valence-electron chi connectivity index (χ4n) is 2.76. The molecule has 0 aromatic carbocycles. The average Bonchev–Trinajstić information content (AvgIpc) is 2.37. The maximum atomic E-state index is 5.71. The van der Waals surface area contributed by atoms with Gasteiger partial charge in [0.15, 0.2) is 0 Å². The molecule has 1 fully saturated rings. The van der Waals surface area contributed by atoms with Crippen LogP contribution in [-0.2, 0) is 0 Å². The van der Waals surface area contributed by atoms with Crippen molar-refractivity contribution in [2.24, 2.45) is 5.92 Å². The molecule has 1 aliphatic rings. The van der Waals surface area contributed by atoms with Gasteiger partial charge in [-0.1, -0.05) is 19.8 Å². The van der Waals surface area contributed by atoms with E-state index in [1.165, 1.54) is 25.7 Å². The zero-order chi connectivity index (χ0) is 13.1. The van der Waals surface area contributed by atoms with Crippen LogP contribution < -0.4 is 15.4 Å². The van der Waals surface area contributed by atoms with E-state index >= 15 is 0 Å². The van der Waals surface area contributed by atoms with Crippen LogP contribution in [0.2, 0.25) is 0 Å². The van der Waals surface area contributed by atoms with Gasteiger partial charge in [-0.15, -0.1) is 0 Å². The van der Waals surface area contributed by atoms with Crippen LogP contribution in [0.5, 0.6) is 5.88 Å². The van der Waals surface area contributed by atoms with Gasteiger partial charge >= 0.3 is 0 Å². The first-order valence-corrected chi connectivity index (χ1v) is 6.53. The lowest BCUT2D eigenvalue weighted by Crippen LogP contribution is -2.39. The Morgan fingerprint density at radius 2 is 2.06 bits per heavy atom. The molecule has 2 rings (SSSR count). The van der Waals surface area contributed by atoms with E-state index in [1.54, 1.807) is 7.11 Å². The maximum Gasteiger partial charge on any atom is 0.225 e. The second kappa shape index (κ2) is 5.42. The molecule has 1 aromatic heterocycles. The van der Waals surface area contributed by atoms with Crippen molar-refractivity contribution in [1.29, 1.82) is 0 Å². The number of rotatable bonds is 3. The summed E-state index contributed by atoms with van der Waals surface area (Å²) in [6, 6.07) is 2.37. The Kier molecular flexibility index (Phi) is 3.89. The summed E-state index contributed by atoms with van der Waals surface area (Å²) in [4.78, 5) is 10.5. The standard InChI is InChI=1S/C13H22N4O/c1-9-6-4-5-7-10(9)17(2)11-8-12(18-3)16-13(14)15-11/h8-10H,4-7H2,1-3H3,(H2,14,15,16). The largest absolute Gasteiger partial charge is 0.481 e. The number of anilines is 2. The predicted molar refractivity (Wildman–Crippen MR) is 72.8 cm³/mol. The van der Waals surface area contributed by atoms with Crippen molar-refractivity contribution in [3.05, 3.63) is 6.07 Å². The summed E-state index contributed by atoms with van der Waals surface area (Å²) >= 11 is 0. The molecule has 0 spiro atoms. The number of aromatic nitrogens is 2. The normalized spacial score (nSPS) is 23.7. The Balaban J connectivity index is 2.21. The second-order valence-electron chi connectivity index (χ2n) is 5.07. The molecule has 1 aliphatic carbocycles. The first-order chi connectivity index (χ1) is 8.61. The highest BCUT2D eigenvalue weighted by Gasteiger charge is 2.26. The summed E-state index contributed by atoms with van der Waals surface area (Å²) in [5.74, 6) is 2.32. The second-order valence-corrected chi connectivity index (χ2v) is 5.07. The van der Waals surface area contributed by atoms with Gasteiger partial charge in [0.2, 0.25) is 11.8 Å². The van der Waals surface area contributed by atoms with Gasteiger partial charge < -0.3 is 15.4 Å². The van der Waals surface area contributed by atoms with Crippen LogP contribution >= 0.6 is 0 Å². The summed E-state index contributed by atoms with van der Waals surface area (Å²) in [5.41, 5.74) is 5.71. The van der Waals surface area contributed by atoms with E-state index in [1.807, 2.05) is 6.07 Å². The van der Waals surface area contributed by atoms with Crippen molar-refractivity contribution in [3.8, 4) is 5.88 Å². The molecular weight excluding hydrogens is 228 g/mol. The Morgan fingerprint density at radius 3 is 2.72 bits per heavy atom. The van der Waals surface area contributed by atoms with Gasteiger partial charge in [0, 0.05) is 19.2 Å². The highest BCUT2D eigenvalue weighted by molar-refractivity contribution is 5.45. The third kappa shape index (κ3) is 2.66. The summed E-state index contributed by atoms with van der Waals surface area (Å²) in [7, 11) is 3.67.